The minimum absolute atomic E-state index is 0.437. The van der Waals surface area contributed by atoms with E-state index in [0.29, 0.717) is 5.56 Å². The Kier molecular flexibility index (Phi) is 2.77. The number of alkyl carbamates (subject to hydrolysis) is 1. The number of benzene rings is 1. The average molecular weight is 241 g/mol. The van der Waals surface area contributed by atoms with Crippen molar-refractivity contribution in [3.05, 3.63) is 34.9 Å². The number of cyclic esters (lactones) is 1. The van der Waals surface area contributed by atoms with E-state index in [0.717, 1.165) is 11.1 Å². The predicted octanol–water partition coefficient (Wildman–Crippen LogP) is 2.72. The van der Waals surface area contributed by atoms with Crippen LogP contribution in [0.2, 0.25) is 0 Å². The lowest BCUT2D eigenvalue weighted by atomic mass is 9.94. The highest BCUT2D eigenvalue weighted by molar-refractivity contribution is 5.69. The summed E-state index contributed by atoms with van der Waals surface area (Å²) in [6, 6.07) is 3.96. The normalized spacial score (nSPS) is 22.8. The molecular weight excluding hydrogens is 228 g/mol. The van der Waals surface area contributed by atoms with Crippen molar-refractivity contribution in [1.82, 2.24) is 5.32 Å². The Bertz CT molecular complexity index is 460. The zero-order chi connectivity index (χ0) is 12.6. The number of halogens is 2. The van der Waals surface area contributed by atoms with E-state index in [1.165, 1.54) is 0 Å². The van der Waals surface area contributed by atoms with Gasteiger partial charge in [0.05, 0.1) is 0 Å². The molecule has 2 rings (SSSR count). The molecule has 0 bridgehead atoms. The van der Waals surface area contributed by atoms with Gasteiger partial charge in [0.15, 0.2) is 6.61 Å². The molecule has 5 heteroatoms. The van der Waals surface area contributed by atoms with Crippen LogP contribution in [0.1, 0.15) is 22.7 Å². The molecule has 0 aromatic heterocycles. The lowest BCUT2D eigenvalue weighted by Crippen LogP contribution is -2.49. The third-order valence-electron chi connectivity index (χ3n) is 2.83. The summed E-state index contributed by atoms with van der Waals surface area (Å²) >= 11 is 0. The Balaban J connectivity index is 2.42. The Morgan fingerprint density at radius 1 is 1.41 bits per heavy atom. The molecule has 1 amide bonds. The van der Waals surface area contributed by atoms with Crippen LogP contribution in [-0.4, -0.2) is 18.6 Å². The minimum Gasteiger partial charge on any atom is -0.443 e. The van der Waals surface area contributed by atoms with Gasteiger partial charge in [-0.05, 0) is 25.0 Å². The Labute approximate surface area is 97.8 Å². The second-order valence-corrected chi connectivity index (χ2v) is 4.27. The van der Waals surface area contributed by atoms with Crippen molar-refractivity contribution in [1.29, 1.82) is 0 Å². The van der Waals surface area contributed by atoms with Gasteiger partial charge in [0.1, 0.15) is 6.04 Å². The maximum atomic E-state index is 13.7. The van der Waals surface area contributed by atoms with Crippen LogP contribution in [0, 0.1) is 13.8 Å². The van der Waals surface area contributed by atoms with E-state index in [4.69, 9.17) is 0 Å². The van der Waals surface area contributed by atoms with Crippen molar-refractivity contribution in [2.24, 2.45) is 0 Å². The van der Waals surface area contributed by atoms with Gasteiger partial charge in [0.25, 0.3) is 0 Å². The number of amides is 1. The van der Waals surface area contributed by atoms with Crippen molar-refractivity contribution in [3.8, 4) is 0 Å². The molecule has 1 N–H and O–H groups in total. The van der Waals surface area contributed by atoms with Gasteiger partial charge in [-0.2, -0.15) is 0 Å². The van der Waals surface area contributed by atoms with E-state index in [9.17, 15) is 13.6 Å². The number of hydrogen-bond donors (Lipinski definition) is 1. The molecular formula is C12H13F2NO2. The number of nitrogens with one attached hydrogen (secondary N) is 1. The summed E-state index contributed by atoms with van der Waals surface area (Å²) in [5.74, 6) is -3.09. The molecule has 1 aromatic carbocycles. The van der Waals surface area contributed by atoms with E-state index in [1.807, 2.05) is 13.0 Å². The van der Waals surface area contributed by atoms with Crippen LogP contribution in [0.15, 0.2) is 18.2 Å². The first-order valence-corrected chi connectivity index (χ1v) is 5.28. The van der Waals surface area contributed by atoms with Gasteiger partial charge in [-0.25, -0.2) is 13.6 Å². The lowest BCUT2D eigenvalue weighted by Gasteiger charge is -2.32. The number of rotatable bonds is 1. The van der Waals surface area contributed by atoms with Crippen molar-refractivity contribution >= 4 is 6.09 Å². The van der Waals surface area contributed by atoms with Crippen LogP contribution >= 0.6 is 0 Å². The first-order chi connectivity index (χ1) is 7.90. The molecule has 1 aliphatic heterocycles. The molecule has 0 radical (unpaired) electrons. The Morgan fingerprint density at radius 2 is 2.12 bits per heavy atom. The standard InChI is InChI=1S/C12H13F2NO2/c1-7-3-4-8(2)9(5-7)10-12(13,14)6-17-11(16)15-10/h3-5,10H,6H2,1-2H3,(H,15,16)/t10-/m0/s1. The quantitative estimate of drug-likeness (QED) is 0.821. The predicted molar refractivity (Wildman–Crippen MR) is 58.1 cm³/mol. The summed E-state index contributed by atoms with van der Waals surface area (Å²) in [6.07, 6.45) is -0.804. The highest BCUT2D eigenvalue weighted by atomic mass is 19.3. The molecule has 17 heavy (non-hydrogen) atoms. The molecule has 3 nitrogen and oxygen atoms in total. The summed E-state index contributed by atoms with van der Waals surface area (Å²) in [5.41, 5.74) is 2.04. The van der Waals surface area contributed by atoms with Crippen molar-refractivity contribution in [2.45, 2.75) is 25.8 Å². The molecule has 92 valence electrons. The van der Waals surface area contributed by atoms with Gasteiger partial charge in [-0.15, -0.1) is 0 Å². The molecule has 0 saturated carbocycles. The fraction of sp³-hybridized carbons (Fsp3) is 0.417. The molecule has 1 heterocycles. The van der Waals surface area contributed by atoms with Crippen LogP contribution in [0.25, 0.3) is 0 Å². The molecule has 1 saturated heterocycles. The molecule has 1 fully saturated rings. The summed E-state index contributed by atoms with van der Waals surface area (Å²) in [5, 5.41) is 2.18. The zero-order valence-corrected chi connectivity index (χ0v) is 9.59. The molecule has 1 atom stereocenters. The lowest BCUT2D eigenvalue weighted by molar-refractivity contribution is -0.104. The Morgan fingerprint density at radius 3 is 2.82 bits per heavy atom. The third-order valence-corrected chi connectivity index (χ3v) is 2.83. The smallest absolute Gasteiger partial charge is 0.408 e. The second-order valence-electron chi connectivity index (χ2n) is 4.27. The molecule has 1 aromatic rings. The van der Waals surface area contributed by atoms with Crippen LogP contribution in [0.4, 0.5) is 13.6 Å². The van der Waals surface area contributed by atoms with Crippen LogP contribution in [0.3, 0.4) is 0 Å². The summed E-state index contributed by atoms with van der Waals surface area (Å²) < 4.78 is 31.7. The maximum absolute atomic E-state index is 13.7. The van der Waals surface area contributed by atoms with E-state index in [-0.39, 0.29) is 0 Å². The highest BCUT2D eigenvalue weighted by Crippen LogP contribution is 2.36. The van der Waals surface area contributed by atoms with Crippen molar-refractivity contribution in [2.75, 3.05) is 6.61 Å². The van der Waals surface area contributed by atoms with Crippen LogP contribution in [-0.2, 0) is 4.74 Å². The zero-order valence-electron chi connectivity index (χ0n) is 9.59. The van der Waals surface area contributed by atoms with E-state index >= 15 is 0 Å². The SMILES string of the molecule is Cc1ccc(C)c([C@@H]2NC(=O)OCC2(F)F)c1. The first kappa shape index (κ1) is 11.8. The second kappa shape index (κ2) is 3.98. The van der Waals surface area contributed by atoms with Gasteiger partial charge >= 0.3 is 12.0 Å². The van der Waals surface area contributed by atoms with Gasteiger partial charge in [0, 0.05) is 0 Å². The fourth-order valence-electron chi connectivity index (χ4n) is 1.89. The van der Waals surface area contributed by atoms with E-state index < -0.39 is 24.7 Å². The maximum Gasteiger partial charge on any atom is 0.408 e. The number of carbonyl (C=O) groups excluding carboxylic acids is 1. The Hall–Kier alpha value is -1.65. The number of hydrogen-bond acceptors (Lipinski definition) is 2. The molecule has 0 aliphatic carbocycles. The summed E-state index contributed by atoms with van der Waals surface area (Å²) in [7, 11) is 0. The van der Waals surface area contributed by atoms with E-state index in [1.54, 1.807) is 19.1 Å². The number of aryl methyl sites for hydroxylation is 2. The van der Waals surface area contributed by atoms with Gasteiger partial charge < -0.3 is 10.1 Å². The summed E-state index contributed by atoms with van der Waals surface area (Å²) in [6.45, 7) is 2.69. The topological polar surface area (TPSA) is 38.3 Å². The van der Waals surface area contributed by atoms with Gasteiger partial charge in [-0.3, -0.25) is 0 Å². The highest BCUT2D eigenvalue weighted by Gasteiger charge is 2.47. The van der Waals surface area contributed by atoms with Crippen LogP contribution < -0.4 is 5.32 Å². The fourth-order valence-corrected chi connectivity index (χ4v) is 1.89. The van der Waals surface area contributed by atoms with Crippen molar-refractivity contribution < 1.29 is 18.3 Å². The number of ether oxygens (including phenoxy) is 1. The van der Waals surface area contributed by atoms with Crippen LogP contribution in [0.5, 0.6) is 0 Å². The molecule has 1 aliphatic rings. The first-order valence-electron chi connectivity index (χ1n) is 5.28. The van der Waals surface area contributed by atoms with Gasteiger partial charge in [0.2, 0.25) is 0 Å². The largest absolute Gasteiger partial charge is 0.443 e. The average Bonchev–Trinajstić information content (AvgIpc) is 2.26. The monoisotopic (exact) mass is 241 g/mol. The minimum atomic E-state index is -3.09. The number of alkyl halides is 2. The van der Waals surface area contributed by atoms with E-state index in [2.05, 4.69) is 10.1 Å². The third kappa shape index (κ3) is 2.23. The van der Waals surface area contributed by atoms with Gasteiger partial charge in [-0.1, -0.05) is 23.8 Å². The molecule has 0 unspecified atom stereocenters. The summed E-state index contributed by atoms with van der Waals surface area (Å²) in [4.78, 5) is 11.1. The van der Waals surface area contributed by atoms with Crippen molar-refractivity contribution in [3.63, 3.8) is 0 Å². The number of carbonyl (C=O) groups is 1. The molecule has 0 spiro atoms.